The number of fused-ring (bicyclic) bond motifs is 1. The molecule has 2 heterocycles. The predicted octanol–water partition coefficient (Wildman–Crippen LogP) is -0.315. The smallest absolute Gasteiger partial charge is 0.335 e. The maximum Gasteiger partial charge on any atom is 0.335 e. The molecule has 0 aliphatic carbocycles. The molecule has 2 saturated heterocycles. The lowest BCUT2D eigenvalue weighted by Gasteiger charge is -2.37. The number of piperidine rings is 1. The molecule has 17 heteroatoms. The van der Waals surface area contributed by atoms with Crippen LogP contribution in [-0.2, 0) is 35.0 Å². The van der Waals surface area contributed by atoms with Gasteiger partial charge in [-0.15, -0.1) is 11.8 Å². The second-order valence-electron chi connectivity index (χ2n) is 10.9. The summed E-state index contributed by atoms with van der Waals surface area (Å²) >= 11 is 0.736. The molecule has 0 bridgehead atoms. The lowest BCUT2D eigenvalue weighted by atomic mass is 9.98. The average Bonchev–Trinajstić information content (AvgIpc) is 3.30. The molecule has 15 nitrogen and oxygen atoms in total. The highest BCUT2D eigenvalue weighted by Gasteiger charge is 2.38. The number of nitrogens with one attached hydrogen (secondary N) is 4. The number of nitrogens with zero attached hydrogens (tertiary/aromatic N) is 1. The van der Waals surface area contributed by atoms with Gasteiger partial charge in [-0.3, -0.25) is 33.9 Å². The summed E-state index contributed by atoms with van der Waals surface area (Å²) in [5, 5.41) is 11.4. The van der Waals surface area contributed by atoms with Gasteiger partial charge in [-0.2, -0.15) is 0 Å². The Morgan fingerprint density at radius 2 is 1.78 bits per heavy atom. The average molecular weight is 663 g/mol. The van der Waals surface area contributed by atoms with E-state index in [0.29, 0.717) is 12.8 Å². The first kappa shape index (κ1) is 33.9. The van der Waals surface area contributed by atoms with E-state index in [2.05, 4.69) is 16.0 Å². The second-order valence-corrected chi connectivity index (χ2v) is 14.0. The maximum absolute atomic E-state index is 13.8. The fraction of sp³-hybridized carbons (Fsp3) is 0.429. The van der Waals surface area contributed by atoms with Crippen molar-refractivity contribution in [3.05, 3.63) is 48.0 Å². The van der Waals surface area contributed by atoms with E-state index < -0.39 is 79.2 Å². The predicted molar refractivity (Wildman–Crippen MR) is 165 cm³/mol. The molecular formula is C28H35N6O9PS. The summed E-state index contributed by atoms with van der Waals surface area (Å²) in [5.74, 6) is -3.76. The second kappa shape index (κ2) is 14.9. The largest absolute Gasteiger partial charge is 0.368 e. The topological polar surface area (TPSA) is 237 Å². The molecule has 7 amide bonds. The summed E-state index contributed by atoms with van der Waals surface area (Å²) in [5.41, 5.74) is 5.80. The highest BCUT2D eigenvalue weighted by atomic mass is 32.2. The molecule has 2 aliphatic rings. The van der Waals surface area contributed by atoms with Crippen LogP contribution in [0, 0.1) is 0 Å². The number of rotatable bonds is 13. The molecule has 0 aromatic heterocycles. The summed E-state index contributed by atoms with van der Waals surface area (Å²) in [6.07, 6.45) is 1.06. The van der Waals surface area contributed by atoms with Crippen LogP contribution in [0.5, 0.6) is 0 Å². The van der Waals surface area contributed by atoms with Gasteiger partial charge in [0.25, 0.3) is 5.91 Å². The van der Waals surface area contributed by atoms with E-state index in [-0.39, 0.29) is 25.1 Å². The number of primary amides is 1. The number of carbonyl (C=O) groups is 6. The number of hydrogen-bond donors (Lipinski definition) is 7. The van der Waals surface area contributed by atoms with E-state index in [4.69, 9.17) is 5.73 Å². The molecule has 4 unspecified atom stereocenters. The van der Waals surface area contributed by atoms with Crippen LogP contribution < -0.4 is 27.0 Å². The van der Waals surface area contributed by atoms with Crippen LogP contribution in [0.1, 0.15) is 31.2 Å². The Labute approximate surface area is 262 Å². The molecule has 4 atom stereocenters. The first-order chi connectivity index (χ1) is 21.3. The zero-order chi connectivity index (χ0) is 32.7. The first-order valence-electron chi connectivity index (χ1n) is 14.2. The molecule has 2 aliphatic heterocycles. The van der Waals surface area contributed by atoms with Crippen LogP contribution in [0.2, 0.25) is 0 Å². The number of likely N-dealkylation sites (tertiary alicyclic amines) is 1. The van der Waals surface area contributed by atoms with Gasteiger partial charge >= 0.3 is 13.6 Å². The van der Waals surface area contributed by atoms with Gasteiger partial charge in [0.2, 0.25) is 23.6 Å². The van der Waals surface area contributed by atoms with E-state index in [1.807, 2.05) is 47.8 Å². The Morgan fingerprint density at radius 1 is 1.04 bits per heavy atom. The van der Waals surface area contributed by atoms with E-state index in [1.54, 1.807) is 0 Å². The van der Waals surface area contributed by atoms with Crippen molar-refractivity contribution < 1.29 is 43.1 Å². The van der Waals surface area contributed by atoms with E-state index in [9.17, 15) is 43.1 Å². The SMILES string of the molecule is NC(=O)C(Cc1ccc2ccccc2c1)NC(=O)C1CCCCN1C(=O)C(CSCP(=O)(O)O)NC(=O)CC1NC(=O)NC1=O. The number of amides is 7. The van der Waals surface area contributed by atoms with Crippen LogP contribution in [-0.4, -0.2) is 92.2 Å². The summed E-state index contributed by atoms with van der Waals surface area (Å²) in [6, 6.07) is 8.00. The third kappa shape index (κ3) is 9.50. The fourth-order valence-electron chi connectivity index (χ4n) is 5.27. The minimum atomic E-state index is -4.44. The molecule has 0 spiro atoms. The van der Waals surface area contributed by atoms with Crippen LogP contribution in [0.4, 0.5) is 4.79 Å². The molecule has 2 fully saturated rings. The van der Waals surface area contributed by atoms with Gasteiger partial charge < -0.3 is 36.4 Å². The third-order valence-corrected chi connectivity index (χ3v) is 10.1. The standard InChI is InChI=1S/C28H35N6O9PS/c29-24(36)19(12-16-8-9-17-5-1-2-6-18(17)11-16)31-26(38)22-7-3-4-10-34(22)27(39)21(14-45-15-44(41,42)43)30-23(35)13-20-25(37)33-28(40)32-20/h1-2,5-6,8-9,11,19-22H,3-4,7,10,12-15H2,(H2,29,36)(H,30,35)(H,31,38)(H2,41,42,43)(H2,32,33,37,40). The molecule has 4 rings (SSSR count). The van der Waals surface area contributed by atoms with Crippen LogP contribution in [0.25, 0.3) is 10.8 Å². The molecule has 45 heavy (non-hydrogen) atoms. The Balaban J connectivity index is 1.47. The van der Waals surface area contributed by atoms with E-state index >= 15 is 0 Å². The number of imide groups is 1. The molecular weight excluding hydrogens is 627 g/mol. The highest BCUT2D eigenvalue weighted by Crippen LogP contribution is 2.38. The zero-order valence-electron chi connectivity index (χ0n) is 24.1. The molecule has 2 aromatic rings. The molecule has 242 valence electrons. The molecule has 0 saturated carbocycles. The monoisotopic (exact) mass is 662 g/mol. The Morgan fingerprint density at radius 3 is 2.44 bits per heavy atom. The van der Waals surface area contributed by atoms with Crippen molar-refractivity contribution in [1.82, 2.24) is 26.2 Å². The van der Waals surface area contributed by atoms with Crippen molar-refractivity contribution in [1.29, 1.82) is 0 Å². The number of carbonyl (C=O) groups excluding carboxylic acids is 6. The summed E-state index contributed by atoms with van der Waals surface area (Å²) in [6.45, 7) is 0.152. The van der Waals surface area contributed by atoms with Crippen LogP contribution >= 0.6 is 19.4 Å². The Kier molecular flexibility index (Phi) is 11.2. The van der Waals surface area contributed by atoms with Gasteiger partial charge in [0.1, 0.15) is 24.2 Å². The lowest BCUT2D eigenvalue weighted by molar-refractivity contribution is -0.145. The van der Waals surface area contributed by atoms with Gasteiger partial charge in [-0.1, -0.05) is 42.5 Å². The molecule has 8 N–H and O–H groups in total. The Hall–Kier alpha value is -3.98. The third-order valence-electron chi connectivity index (χ3n) is 7.43. The van der Waals surface area contributed by atoms with Gasteiger partial charge in [0.15, 0.2) is 0 Å². The minimum absolute atomic E-state index is 0.121. The normalized spacial score (nSPS) is 19.7. The summed E-state index contributed by atoms with van der Waals surface area (Å²) < 4.78 is 11.4. The lowest BCUT2D eigenvalue weighted by Crippen LogP contribution is -2.60. The maximum atomic E-state index is 13.8. The van der Waals surface area contributed by atoms with Gasteiger partial charge in [-0.25, -0.2) is 4.79 Å². The number of hydrogen-bond acceptors (Lipinski definition) is 8. The number of thioether (sulfide) groups is 1. The summed E-state index contributed by atoms with van der Waals surface area (Å²) in [4.78, 5) is 95.6. The highest BCUT2D eigenvalue weighted by molar-refractivity contribution is 8.04. The van der Waals surface area contributed by atoms with Crippen LogP contribution in [0.3, 0.4) is 0 Å². The fourth-order valence-corrected chi connectivity index (χ4v) is 7.10. The van der Waals surface area contributed by atoms with Crippen LogP contribution in [0.15, 0.2) is 42.5 Å². The van der Waals surface area contributed by atoms with Gasteiger partial charge in [0, 0.05) is 18.7 Å². The van der Waals surface area contributed by atoms with Crippen molar-refractivity contribution in [2.24, 2.45) is 5.73 Å². The van der Waals surface area contributed by atoms with E-state index in [0.717, 1.165) is 28.1 Å². The van der Waals surface area contributed by atoms with E-state index in [1.165, 1.54) is 4.90 Å². The van der Waals surface area contributed by atoms with Crippen molar-refractivity contribution in [2.45, 2.75) is 56.3 Å². The zero-order valence-corrected chi connectivity index (χ0v) is 25.9. The summed E-state index contributed by atoms with van der Waals surface area (Å²) in [7, 11) is -4.44. The number of urea groups is 1. The van der Waals surface area contributed by atoms with Crippen molar-refractivity contribution in [3.8, 4) is 0 Å². The van der Waals surface area contributed by atoms with Gasteiger partial charge in [0.05, 0.1) is 11.9 Å². The molecule has 0 radical (unpaired) electrons. The van der Waals surface area contributed by atoms with Crippen molar-refractivity contribution in [2.75, 3.05) is 17.8 Å². The minimum Gasteiger partial charge on any atom is -0.368 e. The Bertz CT molecular complexity index is 1530. The van der Waals surface area contributed by atoms with Crippen molar-refractivity contribution >= 4 is 65.7 Å². The number of nitrogens with two attached hydrogens (primary N) is 1. The van der Waals surface area contributed by atoms with Crippen molar-refractivity contribution in [3.63, 3.8) is 0 Å². The first-order valence-corrected chi connectivity index (χ1v) is 17.2. The van der Waals surface area contributed by atoms with Gasteiger partial charge in [-0.05, 0) is 35.6 Å². The molecule has 2 aromatic carbocycles. The quantitative estimate of drug-likeness (QED) is 0.109. The number of benzene rings is 2.